The Morgan fingerprint density at radius 1 is 1.33 bits per heavy atom. The SMILES string of the molecule is Cc1ncc(S(=O)(=O)N2CCCC(C)(C)CC2)[nH]1. The molecular weight excluding hydrogens is 250 g/mol. The predicted octanol–water partition coefficient (Wildman–Crippen LogP) is 1.92. The third kappa shape index (κ3) is 2.75. The fourth-order valence-corrected chi connectivity index (χ4v) is 3.75. The van der Waals surface area contributed by atoms with Crippen LogP contribution in [-0.4, -0.2) is 35.8 Å². The van der Waals surface area contributed by atoms with Crippen molar-refractivity contribution in [1.82, 2.24) is 14.3 Å². The lowest BCUT2D eigenvalue weighted by Gasteiger charge is -2.22. The normalized spacial score (nSPS) is 21.7. The van der Waals surface area contributed by atoms with Crippen molar-refractivity contribution >= 4 is 10.0 Å². The molecular formula is C12H21N3O2S. The first-order valence-electron chi connectivity index (χ1n) is 6.33. The second-order valence-corrected chi connectivity index (χ2v) is 7.66. The molecule has 0 aromatic carbocycles. The molecule has 0 bridgehead atoms. The standard InChI is InChI=1S/C12H21N3O2S/c1-10-13-9-11(14-10)18(16,17)15-7-4-5-12(2,3)6-8-15/h9H,4-8H2,1-3H3,(H,13,14). The monoisotopic (exact) mass is 271 g/mol. The van der Waals surface area contributed by atoms with Gasteiger partial charge in [-0.3, -0.25) is 0 Å². The first kappa shape index (κ1) is 13.5. The van der Waals surface area contributed by atoms with Crippen LogP contribution in [0.2, 0.25) is 0 Å². The van der Waals surface area contributed by atoms with Crippen LogP contribution in [0.3, 0.4) is 0 Å². The molecule has 0 atom stereocenters. The number of sulfonamides is 1. The molecule has 2 heterocycles. The van der Waals surface area contributed by atoms with E-state index in [0.29, 0.717) is 18.9 Å². The molecule has 18 heavy (non-hydrogen) atoms. The first-order valence-corrected chi connectivity index (χ1v) is 7.77. The molecule has 1 aliphatic rings. The fraction of sp³-hybridized carbons (Fsp3) is 0.750. The van der Waals surface area contributed by atoms with Crippen LogP contribution in [0.1, 0.15) is 38.9 Å². The maximum Gasteiger partial charge on any atom is 0.260 e. The molecule has 1 saturated heterocycles. The minimum absolute atomic E-state index is 0.208. The molecule has 1 aromatic heterocycles. The summed E-state index contributed by atoms with van der Waals surface area (Å²) in [4.78, 5) is 6.78. The number of nitrogens with zero attached hydrogens (tertiary/aromatic N) is 2. The van der Waals surface area contributed by atoms with Gasteiger partial charge in [-0.25, -0.2) is 13.4 Å². The third-order valence-corrected chi connectivity index (χ3v) is 5.40. The van der Waals surface area contributed by atoms with Crippen LogP contribution in [0.5, 0.6) is 0 Å². The summed E-state index contributed by atoms with van der Waals surface area (Å²) in [7, 11) is -3.40. The van der Waals surface area contributed by atoms with Gasteiger partial charge in [0.25, 0.3) is 10.0 Å². The Labute approximate surface area is 109 Å². The van der Waals surface area contributed by atoms with Gasteiger partial charge in [-0.1, -0.05) is 13.8 Å². The maximum atomic E-state index is 12.4. The summed E-state index contributed by atoms with van der Waals surface area (Å²) in [6, 6.07) is 0. The second-order valence-electron chi connectivity index (χ2n) is 5.75. The van der Waals surface area contributed by atoms with Crippen LogP contribution in [0.15, 0.2) is 11.2 Å². The van der Waals surface area contributed by atoms with Crippen LogP contribution in [0.25, 0.3) is 0 Å². The number of aryl methyl sites for hydroxylation is 1. The Morgan fingerprint density at radius 2 is 2.06 bits per heavy atom. The summed E-state index contributed by atoms with van der Waals surface area (Å²) in [6.45, 7) is 7.34. The van der Waals surface area contributed by atoms with Gasteiger partial charge < -0.3 is 4.98 Å². The van der Waals surface area contributed by atoms with E-state index in [-0.39, 0.29) is 10.4 Å². The molecule has 0 unspecified atom stereocenters. The number of nitrogens with one attached hydrogen (secondary N) is 1. The molecule has 0 saturated carbocycles. The lowest BCUT2D eigenvalue weighted by Crippen LogP contribution is -2.32. The fourth-order valence-electron chi connectivity index (χ4n) is 2.31. The highest BCUT2D eigenvalue weighted by molar-refractivity contribution is 7.89. The van der Waals surface area contributed by atoms with Crippen molar-refractivity contribution in [2.24, 2.45) is 5.41 Å². The molecule has 0 amide bonds. The van der Waals surface area contributed by atoms with E-state index in [9.17, 15) is 8.42 Å². The molecule has 1 fully saturated rings. The summed E-state index contributed by atoms with van der Waals surface area (Å²) < 4.78 is 26.4. The average Bonchev–Trinajstić information content (AvgIpc) is 2.61. The molecule has 0 aliphatic carbocycles. The highest BCUT2D eigenvalue weighted by atomic mass is 32.2. The van der Waals surface area contributed by atoms with Crippen molar-refractivity contribution in [3.8, 4) is 0 Å². The molecule has 1 aromatic rings. The molecule has 0 spiro atoms. The van der Waals surface area contributed by atoms with E-state index >= 15 is 0 Å². The summed E-state index contributed by atoms with van der Waals surface area (Å²) in [6.07, 6.45) is 4.29. The first-order chi connectivity index (χ1) is 8.31. The van der Waals surface area contributed by atoms with Gasteiger partial charge in [0.2, 0.25) is 0 Å². The van der Waals surface area contributed by atoms with Gasteiger partial charge in [0.05, 0.1) is 6.20 Å². The number of rotatable bonds is 2. The van der Waals surface area contributed by atoms with E-state index in [0.717, 1.165) is 19.3 Å². The van der Waals surface area contributed by atoms with E-state index in [1.54, 1.807) is 11.2 Å². The van der Waals surface area contributed by atoms with Crippen molar-refractivity contribution in [3.05, 3.63) is 12.0 Å². The van der Waals surface area contributed by atoms with E-state index in [4.69, 9.17) is 0 Å². The van der Waals surface area contributed by atoms with Crippen molar-refractivity contribution in [2.45, 2.75) is 45.1 Å². The van der Waals surface area contributed by atoms with Crippen molar-refractivity contribution in [1.29, 1.82) is 0 Å². The van der Waals surface area contributed by atoms with Crippen LogP contribution < -0.4 is 0 Å². The lowest BCUT2D eigenvalue weighted by atomic mass is 9.85. The quantitative estimate of drug-likeness (QED) is 0.893. The molecule has 6 heteroatoms. The predicted molar refractivity (Wildman–Crippen MR) is 69.7 cm³/mol. The number of aromatic amines is 1. The van der Waals surface area contributed by atoms with Gasteiger partial charge in [0.1, 0.15) is 5.82 Å². The van der Waals surface area contributed by atoms with Gasteiger partial charge in [0, 0.05) is 13.1 Å². The summed E-state index contributed by atoms with van der Waals surface area (Å²) >= 11 is 0. The maximum absolute atomic E-state index is 12.4. The van der Waals surface area contributed by atoms with Gasteiger partial charge >= 0.3 is 0 Å². The number of imidazole rings is 1. The smallest absolute Gasteiger partial charge is 0.260 e. The number of aromatic nitrogens is 2. The van der Waals surface area contributed by atoms with E-state index in [1.165, 1.54) is 6.20 Å². The van der Waals surface area contributed by atoms with Crippen molar-refractivity contribution < 1.29 is 8.42 Å². The van der Waals surface area contributed by atoms with Gasteiger partial charge in [-0.2, -0.15) is 4.31 Å². The molecule has 2 rings (SSSR count). The van der Waals surface area contributed by atoms with E-state index in [2.05, 4.69) is 23.8 Å². The third-order valence-electron chi connectivity index (χ3n) is 3.60. The summed E-state index contributed by atoms with van der Waals surface area (Å²) in [5.41, 5.74) is 0.230. The Balaban J connectivity index is 2.21. The molecule has 0 radical (unpaired) electrons. The van der Waals surface area contributed by atoms with Gasteiger partial charge in [0.15, 0.2) is 5.03 Å². The number of hydrogen-bond acceptors (Lipinski definition) is 3. The van der Waals surface area contributed by atoms with Crippen LogP contribution in [0.4, 0.5) is 0 Å². The minimum Gasteiger partial charge on any atom is -0.332 e. The van der Waals surface area contributed by atoms with Crippen LogP contribution in [-0.2, 0) is 10.0 Å². The number of H-pyrrole nitrogens is 1. The van der Waals surface area contributed by atoms with E-state index < -0.39 is 10.0 Å². The van der Waals surface area contributed by atoms with Crippen LogP contribution >= 0.6 is 0 Å². The Kier molecular flexibility index (Phi) is 3.51. The second kappa shape index (κ2) is 4.66. The average molecular weight is 271 g/mol. The summed E-state index contributed by atoms with van der Waals surface area (Å²) in [5, 5.41) is 0.208. The van der Waals surface area contributed by atoms with Crippen molar-refractivity contribution in [3.63, 3.8) is 0 Å². The topological polar surface area (TPSA) is 66.1 Å². The zero-order valence-electron chi connectivity index (χ0n) is 11.2. The Hall–Kier alpha value is -0.880. The van der Waals surface area contributed by atoms with Gasteiger partial charge in [-0.05, 0) is 31.6 Å². The van der Waals surface area contributed by atoms with Gasteiger partial charge in [-0.15, -0.1) is 0 Å². The minimum atomic E-state index is -3.40. The number of hydrogen-bond donors (Lipinski definition) is 1. The molecule has 1 N–H and O–H groups in total. The molecule has 5 nitrogen and oxygen atoms in total. The lowest BCUT2D eigenvalue weighted by molar-refractivity contribution is 0.314. The Bertz CT molecular complexity index is 519. The van der Waals surface area contributed by atoms with Crippen molar-refractivity contribution in [2.75, 3.05) is 13.1 Å². The largest absolute Gasteiger partial charge is 0.332 e. The molecule has 102 valence electrons. The zero-order chi connectivity index (χ0) is 13.4. The Morgan fingerprint density at radius 3 is 2.67 bits per heavy atom. The highest BCUT2D eigenvalue weighted by Crippen LogP contribution is 2.31. The van der Waals surface area contributed by atoms with Crippen LogP contribution in [0, 0.1) is 12.3 Å². The van der Waals surface area contributed by atoms with E-state index in [1.807, 2.05) is 0 Å². The zero-order valence-corrected chi connectivity index (χ0v) is 12.0. The highest BCUT2D eigenvalue weighted by Gasteiger charge is 2.31. The summed E-state index contributed by atoms with van der Waals surface area (Å²) in [5.74, 6) is 0.628. The molecule has 1 aliphatic heterocycles.